The number of ether oxygens (including phenoxy) is 1. The Balaban J connectivity index is 1.22. The molecular weight excluding hydrogens is 682 g/mol. The molecule has 0 aromatic heterocycles. The van der Waals surface area contributed by atoms with Gasteiger partial charge in [0.05, 0.1) is 37.4 Å². The van der Waals surface area contributed by atoms with Crippen LogP contribution in [0.5, 0.6) is 0 Å². The molecule has 3 heterocycles. The number of halogens is 1. The molecule has 0 aliphatic carbocycles. The number of hydrogen-bond acceptors (Lipinski definition) is 6. The Bertz CT molecular complexity index is 1970. The average molecular weight is 724 g/mol. The topological polar surface area (TPSA) is 111 Å². The number of nitrogens with zero attached hydrogens (tertiary/aromatic N) is 3. The lowest BCUT2D eigenvalue weighted by Crippen LogP contribution is -2.48. The van der Waals surface area contributed by atoms with E-state index in [0.29, 0.717) is 34.9 Å². The summed E-state index contributed by atoms with van der Waals surface area (Å²) in [4.78, 5) is 58.0. The number of fused-ring (bicyclic) bond motifs is 3. The summed E-state index contributed by atoms with van der Waals surface area (Å²) < 4.78 is 6.92. The quantitative estimate of drug-likeness (QED) is 0.155. The number of amides is 3. The van der Waals surface area contributed by atoms with E-state index in [1.54, 1.807) is 26.8 Å². The SMILES string of the molecule is C[C@@H]1[C@@H]([Si](C)(C)O)[C@H](CC(=O)N2Cc3ccccc3C[C@H]2CO)O[C@@]12C(=O)N(Cc1cccc(N(C=O)c3ccccc3)c1)c1ccc(Cl)cc12. The number of benzene rings is 4. The predicted molar refractivity (Wildman–Crippen MR) is 199 cm³/mol. The highest BCUT2D eigenvalue weighted by atomic mass is 35.5. The van der Waals surface area contributed by atoms with Gasteiger partial charge < -0.3 is 24.4 Å². The van der Waals surface area contributed by atoms with Crippen LogP contribution in [0.15, 0.2) is 97.1 Å². The lowest BCUT2D eigenvalue weighted by Gasteiger charge is -2.37. The molecule has 0 unspecified atom stereocenters. The van der Waals surface area contributed by atoms with E-state index in [0.717, 1.165) is 28.8 Å². The predicted octanol–water partition coefficient (Wildman–Crippen LogP) is 6.32. The van der Waals surface area contributed by atoms with E-state index in [1.807, 2.05) is 105 Å². The van der Waals surface area contributed by atoms with Crippen LogP contribution in [0.3, 0.4) is 0 Å². The third-order valence-electron chi connectivity index (χ3n) is 10.9. The molecule has 3 amide bonds. The summed E-state index contributed by atoms with van der Waals surface area (Å²) in [6.07, 6.45) is 0.522. The largest absolute Gasteiger partial charge is 0.432 e. The van der Waals surface area contributed by atoms with E-state index in [-0.39, 0.29) is 37.4 Å². The second kappa shape index (κ2) is 13.7. The van der Waals surface area contributed by atoms with Crippen molar-refractivity contribution in [3.05, 3.63) is 124 Å². The fourth-order valence-corrected chi connectivity index (χ4v) is 11.3. The number of para-hydroxylation sites is 1. The Kier molecular flexibility index (Phi) is 9.40. The van der Waals surface area contributed by atoms with Crippen LogP contribution in [0, 0.1) is 5.92 Å². The first-order valence-electron chi connectivity index (χ1n) is 17.3. The molecule has 0 saturated carbocycles. The minimum atomic E-state index is -3.05. The van der Waals surface area contributed by atoms with Gasteiger partial charge in [-0.1, -0.05) is 73.1 Å². The monoisotopic (exact) mass is 723 g/mol. The Morgan fingerprint density at radius 2 is 1.71 bits per heavy atom. The van der Waals surface area contributed by atoms with Gasteiger partial charge in [-0.2, -0.15) is 0 Å². The van der Waals surface area contributed by atoms with Crippen molar-refractivity contribution in [3.8, 4) is 0 Å². The Morgan fingerprint density at radius 1 is 1.00 bits per heavy atom. The van der Waals surface area contributed by atoms with Crippen molar-refractivity contribution in [2.45, 2.75) is 69.2 Å². The van der Waals surface area contributed by atoms with E-state index in [4.69, 9.17) is 16.3 Å². The van der Waals surface area contributed by atoms with Gasteiger partial charge in [-0.05, 0) is 78.7 Å². The second-order valence-electron chi connectivity index (χ2n) is 14.4. The van der Waals surface area contributed by atoms with Crippen molar-refractivity contribution >= 4 is 55.2 Å². The molecule has 4 aromatic carbocycles. The number of hydrogen-bond donors (Lipinski definition) is 2. The molecule has 0 radical (unpaired) electrons. The number of aliphatic hydroxyl groups is 1. The van der Waals surface area contributed by atoms with Gasteiger partial charge in [-0.15, -0.1) is 0 Å². The van der Waals surface area contributed by atoms with Crippen LogP contribution in [0.2, 0.25) is 23.7 Å². The van der Waals surface area contributed by atoms with Gasteiger partial charge in [-0.25, -0.2) is 0 Å². The van der Waals surface area contributed by atoms with Crippen molar-refractivity contribution in [1.82, 2.24) is 4.90 Å². The van der Waals surface area contributed by atoms with Crippen LogP contribution in [0.25, 0.3) is 0 Å². The lowest BCUT2D eigenvalue weighted by atomic mass is 9.82. The van der Waals surface area contributed by atoms with Crippen LogP contribution >= 0.6 is 11.6 Å². The highest BCUT2D eigenvalue weighted by molar-refractivity contribution is 6.71. The Labute approximate surface area is 304 Å². The Morgan fingerprint density at radius 3 is 2.41 bits per heavy atom. The third kappa shape index (κ3) is 6.19. The summed E-state index contributed by atoms with van der Waals surface area (Å²) in [6.45, 7) is 5.98. The van der Waals surface area contributed by atoms with Crippen molar-refractivity contribution in [1.29, 1.82) is 0 Å². The molecule has 1 fully saturated rings. The molecule has 4 aromatic rings. The van der Waals surface area contributed by atoms with Crippen molar-refractivity contribution < 1.29 is 29.0 Å². The van der Waals surface area contributed by atoms with Crippen molar-refractivity contribution in [3.63, 3.8) is 0 Å². The summed E-state index contributed by atoms with van der Waals surface area (Å²) >= 11 is 6.59. The minimum absolute atomic E-state index is 0.0430. The Hall–Kier alpha value is -4.32. The van der Waals surface area contributed by atoms with Crippen LogP contribution in [0.1, 0.15) is 35.6 Å². The molecule has 7 rings (SSSR count). The molecule has 51 heavy (non-hydrogen) atoms. The summed E-state index contributed by atoms with van der Waals surface area (Å²) in [5.74, 6) is -0.960. The standard InChI is InChI=1S/C40H42ClN3O6Si/c1-26-38(51(2,3)49)36(21-37(47)42-23-29-12-8-7-11-28(29)19-33(42)24-45)50-40(26)34-20-30(41)16-17-35(34)43(39(40)48)22-27-10-9-15-32(18-27)44(25-46)31-13-5-4-6-14-31/h4-18,20,25-26,33,36,38,45,49H,19,21-24H2,1-3H3/t26-,33+,36+,38-,40+/m1/s1. The molecule has 3 aliphatic heterocycles. The average Bonchev–Trinajstić information content (AvgIpc) is 3.54. The van der Waals surface area contributed by atoms with E-state index >= 15 is 0 Å². The van der Waals surface area contributed by atoms with Crippen molar-refractivity contribution in [2.24, 2.45) is 5.92 Å². The summed E-state index contributed by atoms with van der Waals surface area (Å²) in [5, 5.41) is 10.7. The third-order valence-corrected chi connectivity index (χ3v) is 13.6. The molecule has 1 saturated heterocycles. The molecular formula is C40H42ClN3O6Si. The smallest absolute Gasteiger partial charge is 0.264 e. The van der Waals surface area contributed by atoms with Gasteiger partial charge in [-0.3, -0.25) is 19.3 Å². The number of rotatable bonds is 9. The van der Waals surface area contributed by atoms with Crippen LogP contribution in [-0.2, 0) is 44.2 Å². The van der Waals surface area contributed by atoms with Gasteiger partial charge >= 0.3 is 0 Å². The number of aliphatic hydroxyl groups excluding tert-OH is 1. The lowest BCUT2D eigenvalue weighted by molar-refractivity contribution is -0.151. The summed E-state index contributed by atoms with van der Waals surface area (Å²) in [6, 6.07) is 29.7. The maximum absolute atomic E-state index is 14.9. The van der Waals surface area contributed by atoms with E-state index in [9.17, 15) is 24.3 Å². The molecule has 5 atom stereocenters. The molecule has 0 bridgehead atoms. The van der Waals surface area contributed by atoms with E-state index in [2.05, 4.69) is 0 Å². The normalized spacial score (nSPS) is 24.1. The van der Waals surface area contributed by atoms with Gasteiger partial charge in [0.2, 0.25) is 12.3 Å². The van der Waals surface area contributed by atoms with Gasteiger partial charge in [0.15, 0.2) is 13.9 Å². The van der Waals surface area contributed by atoms with Gasteiger partial charge in [0.1, 0.15) is 0 Å². The molecule has 3 aliphatic rings. The first kappa shape index (κ1) is 35.1. The fourth-order valence-electron chi connectivity index (χ4n) is 8.59. The van der Waals surface area contributed by atoms with Crippen molar-refractivity contribution in [2.75, 3.05) is 16.4 Å². The minimum Gasteiger partial charge on any atom is -0.432 e. The van der Waals surface area contributed by atoms with Gasteiger partial charge in [0, 0.05) is 40.0 Å². The summed E-state index contributed by atoms with van der Waals surface area (Å²) in [7, 11) is -3.05. The van der Waals surface area contributed by atoms with E-state index in [1.165, 1.54) is 0 Å². The first-order valence-corrected chi connectivity index (χ1v) is 20.7. The zero-order chi connectivity index (χ0) is 36.1. The molecule has 264 valence electrons. The number of anilines is 3. The fraction of sp³-hybridized carbons (Fsp3) is 0.325. The molecule has 1 spiro atoms. The molecule has 11 heteroatoms. The summed E-state index contributed by atoms with van der Waals surface area (Å²) in [5.41, 5.74) is 3.64. The highest BCUT2D eigenvalue weighted by Gasteiger charge is 2.66. The number of carbonyl (C=O) groups is 3. The zero-order valence-electron chi connectivity index (χ0n) is 28.9. The van der Waals surface area contributed by atoms with Crippen LogP contribution in [-0.4, -0.2) is 60.1 Å². The van der Waals surface area contributed by atoms with E-state index < -0.39 is 31.5 Å². The molecule has 2 N–H and O–H groups in total. The second-order valence-corrected chi connectivity index (χ2v) is 18.8. The number of carbonyl (C=O) groups excluding carboxylic acids is 3. The maximum Gasteiger partial charge on any atom is 0.264 e. The maximum atomic E-state index is 14.9. The molecule has 9 nitrogen and oxygen atoms in total. The zero-order valence-corrected chi connectivity index (χ0v) is 30.7. The highest BCUT2D eigenvalue weighted by Crippen LogP contribution is 2.60. The van der Waals surface area contributed by atoms with Crippen LogP contribution in [0.4, 0.5) is 17.1 Å². The first-order chi connectivity index (χ1) is 24.5. The van der Waals surface area contributed by atoms with Gasteiger partial charge in [0.25, 0.3) is 5.91 Å². The van der Waals surface area contributed by atoms with Crippen LogP contribution < -0.4 is 9.80 Å².